The number of aliphatic hydroxyl groups is 1. The molecule has 1 unspecified atom stereocenters. The van der Waals surface area contributed by atoms with Crippen molar-refractivity contribution in [2.75, 3.05) is 11.9 Å². The van der Waals surface area contributed by atoms with Crippen molar-refractivity contribution in [2.45, 2.75) is 26.0 Å². The van der Waals surface area contributed by atoms with E-state index in [1.54, 1.807) is 19.1 Å². The van der Waals surface area contributed by atoms with Gasteiger partial charge in [0.15, 0.2) is 0 Å². The van der Waals surface area contributed by atoms with Crippen LogP contribution in [0.5, 0.6) is 0 Å². The second-order valence-electron chi connectivity index (χ2n) is 5.04. The summed E-state index contributed by atoms with van der Waals surface area (Å²) in [5.41, 5.74) is 2.41. The van der Waals surface area contributed by atoms with Gasteiger partial charge in [0.25, 0.3) is 0 Å². The minimum absolute atomic E-state index is 0.115. The van der Waals surface area contributed by atoms with Crippen LogP contribution in [0.4, 0.5) is 10.1 Å². The Hall–Kier alpha value is -1.87. The second-order valence-corrected chi connectivity index (χ2v) is 5.04. The summed E-state index contributed by atoms with van der Waals surface area (Å²) in [6.45, 7) is 3.69. The first kappa shape index (κ1) is 14.5. The van der Waals surface area contributed by atoms with Crippen LogP contribution in [-0.2, 0) is 0 Å². The van der Waals surface area contributed by atoms with E-state index in [2.05, 4.69) is 0 Å². The largest absolute Gasteiger partial charge is 0.389 e. The van der Waals surface area contributed by atoms with Crippen molar-refractivity contribution < 1.29 is 9.50 Å². The van der Waals surface area contributed by atoms with Crippen LogP contribution >= 0.6 is 0 Å². The van der Waals surface area contributed by atoms with Gasteiger partial charge in [-0.1, -0.05) is 36.4 Å². The fourth-order valence-corrected chi connectivity index (χ4v) is 2.39. The lowest BCUT2D eigenvalue weighted by molar-refractivity contribution is 0.199. The maximum Gasteiger partial charge on any atom is 0.128 e. The number of anilines is 1. The second kappa shape index (κ2) is 6.06. The molecule has 2 atom stereocenters. The van der Waals surface area contributed by atoms with Crippen molar-refractivity contribution in [1.29, 1.82) is 0 Å². The summed E-state index contributed by atoms with van der Waals surface area (Å²) in [5, 5.41) is 9.86. The van der Waals surface area contributed by atoms with Gasteiger partial charge in [0.1, 0.15) is 5.82 Å². The molecular formula is C17H20FNO. The van der Waals surface area contributed by atoms with Gasteiger partial charge in [-0.05, 0) is 26.0 Å². The number of hydrogen-bond donors (Lipinski definition) is 1. The SMILES string of the molecule is CC(c1ccccc1F)N(C)c1ccccc1[C@H](C)O. The summed E-state index contributed by atoms with van der Waals surface area (Å²) in [6.07, 6.45) is -0.554. The molecule has 0 radical (unpaired) electrons. The van der Waals surface area contributed by atoms with Gasteiger partial charge >= 0.3 is 0 Å². The van der Waals surface area contributed by atoms with Crippen molar-refractivity contribution in [2.24, 2.45) is 0 Å². The highest BCUT2D eigenvalue weighted by atomic mass is 19.1. The van der Waals surface area contributed by atoms with Gasteiger partial charge in [-0.25, -0.2) is 4.39 Å². The maximum absolute atomic E-state index is 13.9. The van der Waals surface area contributed by atoms with E-state index in [-0.39, 0.29) is 11.9 Å². The van der Waals surface area contributed by atoms with E-state index < -0.39 is 6.10 Å². The normalized spacial score (nSPS) is 13.8. The third-order valence-corrected chi connectivity index (χ3v) is 3.70. The standard InChI is InChI=1S/C17H20FNO/c1-12(14-8-4-6-10-16(14)18)19(3)17-11-7-5-9-15(17)13(2)20/h4-13,20H,1-3H3/t12?,13-/m0/s1. The van der Waals surface area contributed by atoms with Crippen LogP contribution in [0.2, 0.25) is 0 Å². The molecule has 0 bridgehead atoms. The molecule has 1 N–H and O–H groups in total. The third-order valence-electron chi connectivity index (χ3n) is 3.70. The Labute approximate surface area is 119 Å². The van der Waals surface area contributed by atoms with E-state index in [1.807, 2.05) is 49.2 Å². The van der Waals surface area contributed by atoms with E-state index in [0.717, 1.165) is 11.3 Å². The number of rotatable bonds is 4. The number of benzene rings is 2. The van der Waals surface area contributed by atoms with E-state index >= 15 is 0 Å². The minimum Gasteiger partial charge on any atom is -0.389 e. The Morgan fingerprint density at radius 3 is 2.10 bits per heavy atom. The molecule has 0 aromatic heterocycles. The summed E-state index contributed by atoms with van der Waals surface area (Å²) in [7, 11) is 1.92. The van der Waals surface area contributed by atoms with Crippen molar-refractivity contribution in [3.8, 4) is 0 Å². The number of aliphatic hydroxyl groups excluding tert-OH is 1. The Morgan fingerprint density at radius 1 is 0.950 bits per heavy atom. The van der Waals surface area contributed by atoms with E-state index in [1.165, 1.54) is 6.07 Å². The fourth-order valence-electron chi connectivity index (χ4n) is 2.39. The van der Waals surface area contributed by atoms with Crippen molar-refractivity contribution in [1.82, 2.24) is 0 Å². The third kappa shape index (κ3) is 2.83. The summed E-state index contributed by atoms with van der Waals surface area (Å²) >= 11 is 0. The zero-order chi connectivity index (χ0) is 14.7. The molecule has 0 aliphatic heterocycles. The van der Waals surface area contributed by atoms with E-state index in [9.17, 15) is 9.50 Å². The summed E-state index contributed by atoms with van der Waals surface area (Å²) in [6, 6.07) is 14.3. The summed E-state index contributed by atoms with van der Waals surface area (Å²) in [5.74, 6) is -0.207. The lowest BCUT2D eigenvalue weighted by atomic mass is 10.0. The number of hydrogen-bond acceptors (Lipinski definition) is 2. The van der Waals surface area contributed by atoms with E-state index in [4.69, 9.17) is 0 Å². The lowest BCUT2D eigenvalue weighted by Crippen LogP contribution is -2.24. The van der Waals surface area contributed by atoms with Gasteiger partial charge in [0.2, 0.25) is 0 Å². The van der Waals surface area contributed by atoms with Crippen molar-refractivity contribution >= 4 is 5.69 Å². The number of halogens is 1. The molecule has 0 aliphatic carbocycles. The monoisotopic (exact) mass is 273 g/mol. The molecule has 2 aromatic carbocycles. The van der Waals surface area contributed by atoms with Gasteiger partial charge in [-0.3, -0.25) is 0 Å². The van der Waals surface area contributed by atoms with Crippen LogP contribution < -0.4 is 4.90 Å². The van der Waals surface area contributed by atoms with Crippen LogP contribution in [0.1, 0.15) is 37.1 Å². The van der Waals surface area contributed by atoms with Gasteiger partial charge in [0, 0.05) is 23.9 Å². The van der Waals surface area contributed by atoms with Crippen LogP contribution in [0.15, 0.2) is 48.5 Å². The molecule has 2 nitrogen and oxygen atoms in total. The molecule has 0 fully saturated rings. The molecule has 0 saturated heterocycles. The molecule has 0 aliphatic rings. The predicted molar refractivity (Wildman–Crippen MR) is 80.3 cm³/mol. The van der Waals surface area contributed by atoms with E-state index in [0.29, 0.717) is 5.56 Å². The minimum atomic E-state index is -0.554. The quantitative estimate of drug-likeness (QED) is 0.907. The number of para-hydroxylation sites is 1. The smallest absolute Gasteiger partial charge is 0.128 e. The van der Waals surface area contributed by atoms with Gasteiger partial charge < -0.3 is 10.0 Å². The molecule has 20 heavy (non-hydrogen) atoms. The van der Waals surface area contributed by atoms with Crippen molar-refractivity contribution in [3.05, 3.63) is 65.5 Å². The first-order valence-corrected chi connectivity index (χ1v) is 6.76. The Kier molecular flexibility index (Phi) is 4.40. The van der Waals surface area contributed by atoms with Crippen LogP contribution in [0.25, 0.3) is 0 Å². The zero-order valence-corrected chi connectivity index (χ0v) is 12.0. The number of nitrogens with zero attached hydrogens (tertiary/aromatic N) is 1. The molecule has 2 aromatic rings. The molecule has 0 spiro atoms. The van der Waals surface area contributed by atoms with Crippen LogP contribution in [0.3, 0.4) is 0 Å². The molecular weight excluding hydrogens is 253 g/mol. The molecule has 3 heteroatoms. The zero-order valence-electron chi connectivity index (χ0n) is 12.0. The lowest BCUT2D eigenvalue weighted by Gasteiger charge is -2.30. The average molecular weight is 273 g/mol. The first-order chi connectivity index (χ1) is 9.52. The highest BCUT2D eigenvalue weighted by molar-refractivity contribution is 5.55. The van der Waals surface area contributed by atoms with Gasteiger partial charge in [-0.15, -0.1) is 0 Å². The highest BCUT2D eigenvalue weighted by Gasteiger charge is 2.19. The Balaban J connectivity index is 2.37. The summed E-state index contributed by atoms with van der Waals surface area (Å²) in [4.78, 5) is 1.99. The average Bonchev–Trinajstić information content (AvgIpc) is 2.46. The summed E-state index contributed by atoms with van der Waals surface area (Å²) < 4.78 is 13.9. The molecule has 106 valence electrons. The van der Waals surface area contributed by atoms with Gasteiger partial charge in [0.05, 0.1) is 12.1 Å². The Bertz CT molecular complexity index is 583. The fraction of sp³-hybridized carbons (Fsp3) is 0.294. The Morgan fingerprint density at radius 2 is 1.50 bits per heavy atom. The predicted octanol–water partition coefficient (Wildman–Crippen LogP) is 4.08. The highest BCUT2D eigenvalue weighted by Crippen LogP contribution is 2.32. The van der Waals surface area contributed by atoms with Crippen LogP contribution in [0, 0.1) is 5.82 Å². The van der Waals surface area contributed by atoms with Crippen molar-refractivity contribution in [3.63, 3.8) is 0 Å². The molecule has 2 rings (SSSR count). The van der Waals surface area contributed by atoms with Gasteiger partial charge in [-0.2, -0.15) is 0 Å². The van der Waals surface area contributed by atoms with Crippen LogP contribution in [-0.4, -0.2) is 12.2 Å². The molecule has 0 amide bonds. The molecule has 0 saturated carbocycles. The maximum atomic E-state index is 13.9. The topological polar surface area (TPSA) is 23.5 Å². The molecule has 0 heterocycles. The first-order valence-electron chi connectivity index (χ1n) is 6.76.